The highest BCUT2D eigenvalue weighted by Crippen LogP contribution is 2.36. The SMILES string of the molecule is O=S(=O)(c1ccccc1)[C@H](C[C@@H](O)c1ccccc1)c1ccccc1. The molecule has 25 heavy (non-hydrogen) atoms. The fourth-order valence-electron chi connectivity index (χ4n) is 2.90. The van der Waals surface area contributed by atoms with Gasteiger partial charge < -0.3 is 5.11 Å². The third-order valence-electron chi connectivity index (χ3n) is 4.24. The number of hydrogen-bond donors (Lipinski definition) is 1. The zero-order chi connectivity index (χ0) is 17.7. The molecule has 4 heteroatoms. The first-order valence-corrected chi connectivity index (χ1v) is 9.70. The van der Waals surface area contributed by atoms with Crippen LogP contribution < -0.4 is 0 Å². The zero-order valence-corrected chi connectivity index (χ0v) is 14.5. The highest BCUT2D eigenvalue weighted by molar-refractivity contribution is 7.91. The first kappa shape index (κ1) is 17.4. The molecular weight excluding hydrogens is 332 g/mol. The Labute approximate surface area is 148 Å². The van der Waals surface area contributed by atoms with E-state index in [9.17, 15) is 13.5 Å². The highest BCUT2D eigenvalue weighted by Gasteiger charge is 2.31. The average Bonchev–Trinajstić information content (AvgIpc) is 2.68. The summed E-state index contributed by atoms with van der Waals surface area (Å²) in [6.45, 7) is 0. The summed E-state index contributed by atoms with van der Waals surface area (Å²) in [7, 11) is -3.62. The van der Waals surface area contributed by atoms with Gasteiger partial charge in [-0.05, 0) is 29.7 Å². The van der Waals surface area contributed by atoms with Crippen LogP contribution in [0.2, 0.25) is 0 Å². The Balaban J connectivity index is 1.99. The molecule has 1 N–H and O–H groups in total. The van der Waals surface area contributed by atoms with Crippen molar-refractivity contribution in [2.45, 2.75) is 22.7 Å². The van der Waals surface area contributed by atoms with Crippen LogP contribution in [0, 0.1) is 0 Å². The summed E-state index contributed by atoms with van der Waals surface area (Å²) in [6.07, 6.45) is -0.754. The molecule has 0 spiro atoms. The number of aliphatic hydroxyl groups is 1. The topological polar surface area (TPSA) is 54.4 Å². The molecule has 0 aliphatic rings. The smallest absolute Gasteiger partial charge is 0.185 e. The Hall–Kier alpha value is -2.43. The Morgan fingerprint density at radius 3 is 1.64 bits per heavy atom. The first-order valence-electron chi connectivity index (χ1n) is 8.16. The van der Waals surface area contributed by atoms with Crippen LogP contribution >= 0.6 is 0 Å². The normalized spacial score (nSPS) is 14.0. The minimum absolute atomic E-state index is 0.102. The molecule has 0 bridgehead atoms. The van der Waals surface area contributed by atoms with Crippen molar-refractivity contribution in [3.8, 4) is 0 Å². The van der Waals surface area contributed by atoms with Gasteiger partial charge in [-0.25, -0.2) is 8.42 Å². The van der Waals surface area contributed by atoms with Crippen LogP contribution in [0.1, 0.15) is 28.9 Å². The molecule has 0 saturated heterocycles. The molecule has 0 unspecified atom stereocenters. The predicted octanol–water partition coefficient (Wildman–Crippen LogP) is 4.33. The summed E-state index contributed by atoms with van der Waals surface area (Å²) in [5.74, 6) is 0. The van der Waals surface area contributed by atoms with Crippen molar-refractivity contribution >= 4 is 9.84 Å². The van der Waals surface area contributed by atoms with Crippen LogP contribution in [-0.2, 0) is 9.84 Å². The molecule has 0 fully saturated rings. The van der Waals surface area contributed by atoms with E-state index >= 15 is 0 Å². The third kappa shape index (κ3) is 3.98. The fourth-order valence-corrected chi connectivity index (χ4v) is 4.71. The van der Waals surface area contributed by atoms with Crippen molar-refractivity contribution < 1.29 is 13.5 Å². The van der Waals surface area contributed by atoms with Gasteiger partial charge in [0, 0.05) is 0 Å². The standard InChI is InChI=1S/C21H20O3S/c22-20(17-10-4-1-5-11-17)16-21(18-12-6-2-7-13-18)25(23,24)19-14-8-3-9-15-19/h1-15,20-22H,16H2/t20-,21-/m1/s1. The summed E-state index contributed by atoms with van der Waals surface area (Å²) in [5, 5.41) is 9.78. The van der Waals surface area contributed by atoms with Crippen molar-refractivity contribution in [3.63, 3.8) is 0 Å². The maximum atomic E-state index is 13.2. The van der Waals surface area contributed by atoms with Gasteiger partial charge in [-0.2, -0.15) is 0 Å². The second kappa shape index (κ2) is 7.64. The fraction of sp³-hybridized carbons (Fsp3) is 0.143. The Kier molecular flexibility index (Phi) is 5.31. The average molecular weight is 352 g/mol. The largest absolute Gasteiger partial charge is 0.388 e. The minimum Gasteiger partial charge on any atom is -0.388 e. The van der Waals surface area contributed by atoms with E-state index in [1.54, 1.807) is 42.5 Å². The lowest BCUT2D eigenvalue weighted by Crippen LogP contribution is -2.17. The molecular formula is C21H20O3S. The van der Waals surface area contributed by atoms with Gasteiger partial charge in [0.05, 0.1) is 16.2 Å². The van der Waals surface area contributed by atoms with Crippen molar-refractivity contribution in [3.05, 3.63) is 102 Å². The summed E-state index contributed by atoms with van der Waals surface area (Å²) in [6, 6.07) is 26.6. The zero-order valence-electron chi connectivity index (χ0n) is 13.7. The molecule has 2 atom stereocenters. The maximum absolute atomic E-state index is 13.2. The molecule has 0 amide bonds. The van der Waals surface area contributed by atoms with Crippen LogP contribution in [0.15, 0.2) is 95.9 Å². The molecule has 0 aliphatic heterocycles. The third-order valence-corrected chi connectivity index (χ3v) is 6.38. The second-order valence-corrected chi connectivity index (χ2v) is 8.05. The molecule has 0 saturated carbocycles. The van der Waals surface area contributed by atoms with Gasteiger partial charge in [0.1, 0.15) is 0 Å². The lowest BCUT2D eigenvalue weighted by molar-refractivity contribution is 0.165. The minimum atomic E-state index is -3.62. The molecule has 0 aliphatic carbocycles. The van der Waals surface area contributed by atoms with E-state index in [1.165, 1.54) is 0 Å². The number of benzene rings is 3. The number of aliphatic hydroxyl groups excluding tert-OH is 1. The van der Waals surface area contributed by atoms with Crippen LogP contribution in [0.25, 0.3) is 0 Å². The quantitative estimate of drug-likeness (QED) is 0.718. The van der Waals surface area contributed by atoms with Crippen LogP contribution in [0.5, 0.6) is 0 Å². The van der Waals surface area contributed by atoms with Crippen LogP contribution in [0.4, 0.5) is 0 Å². The number of sulfone groups is 1. The Morgan fingerprint density at radius 1 is 0.680 bits per heavy atom. The second-order valence-electron chi connectivity index (χ2n) is 5.92. The first-order chi connectivity index (χ1) is 12.1. The van der Waals surface area contributed by atoms with E-state index in [2.05, 4.69) is 0 Å². The summed E-state index contributed by atoms with van der Waals surface area (Å²) in [4.78, 5) is 0.268. The van der Waals surface area contributed by atoms with E-state index in [-0.39, 0.29) is 11.3 Å². The number of hydrogen-bond acceptors (Lipinski definition) is 3. The lowest BCUT2D eigenvalue weighted by Gasteiger charge is -2.21. The lowest BCUT2D eigenvalue weighted by atomic mass is 10.0. The van der Waals surface area contributed by atoms with Crippen molar-refractivity contribution in [2.24, 2.45) is 0 Å². The van der Waals surface area contributed by atoms with Crippen molar-refractivity contribution in [1.82, 2.24) is 0 Å². The van der Waals surface area contributed by atoms with E-state index in [1.807, 2.05) is 48.5 Å². The highest BCUT2D eigenvalue weighted by atomic mass is 32.2. The van der Waals surface area contributed by atoms with Crippen LogP contribution in [0.3, 0.4) is 0 Å². The van der Waals surface area contributed by atoms with Crippen molar-refractivity contribution in [2.75, 3.05) is 0 Å². The summed E-state index contributed by atoms with van der Waals surface area (Å²) < 4.78 is 26.4. The van der Waals surface area contributed by atoms with Crippen LogP contribution in [-0.4, -0.2) is 13.5 Å². The molecule has 0 heterocycles. The van der Waals surface area contributed by atoms with Gasteiger partial charge >= 0.3 is 0 Å². The predicted molar refractivity (Wildman–Crippen MR) is 98.8 cm³/mol. The molecule has 3 aromatic carbocycles. The Bertz CT molecular complexity index is 892. The van der Waals surface area contributed by atoms with E-state index < -0.39 is 21.2 Å². The molecule has 3 aromatic rings. The summed E-state index contributed by atoms with van der Waals surface area (Å²) >= 11 is 0. The van der Waals surface area contributed by atoms with E-state index in [4.69, 9.17) is 0 Å². The molecule has 0 aromatic heterocycles. The van der Waals surface area contributed by atoms with Gasteiger partial charge in [-0.1, -0.05) is 78.9 Å². The molecule has 0 radical (unpaired) electrons. The molecule has 128 valence electrons. The van der Waals surface area contributed by atoms with Gasteiger partial charge in [0.2, 0.25) is 0 Å². The van der Waals surface area contributed by atoms with Gasteiger partial charge in [-0.3, -0.25) is 0 Å². The van der Waals surface area contributed by atoms with E-state index in [0.29, 0.717) is 11.1 Å². The number of rotatable bonds is 6. The van der Waals surface area contributed by atoms with Crippen molar-refractivity contribution in [1.29, 1.82) is 0 Å². The molecule has 3 rings (SSSR count). The molecule has 3 nitrogen and oxygen atoms in total. The van der Waals surface area contributed by atoms with Gasteiger partial charge in [0.25, 0.3) is 0 Å². The van der Waals surface area contributed by atoms with Gasteiger partial charge in [-0.15, -0.1) is 0 Å². The van der Waals surface area contributed by atoms with Gasteiger partial charge in [0.15, 0.2) is 9.84 Å². The Morgan fingerprint density at radius 2 is 1.12 bits per heavy atom. The summed E-state index contributed by atoms with van der Waals surface area (Å²) in [5.41, 5.74) is 1.40. The monoisotopic (exact) mass is 352 g/mol. The maximum Gasteiger partial charge on any atom is 0.185 e. The van der Waals surface area contributed by atoms with E-state index in [0.717, 1.165) is 0 Å².